The van der Waals surface area contributed by atoms with Gasteiger partial charge in [-0.05, 0) is 25.5 Å². The standard InChI is InChI=1S/C15H19NO3/c1-4-16(11-15(18)19-3)14(17)9-8-13-7-5-6-12(2)10-13/h5-10H,4,11H2,1-3H3/b9-8+. The van der Waals surface area contributed by atoms with Gasteiger partial charge in [0.05, 0.1) is 7.11 Å². The highest BCUT2D eigenvalue weighted by atomic mass is 16.5. The van der Waals surface area contributed by atoms with Crippen molar-refractivity contribution in [3.05, 3.63) is 41.5 Å². The van der Waals surface area contributed by atoms with Crippen LogP contribution in [0.25, 0.3) is 6.08 Å². The molecule has 0 saturated carbocycles. The number of esters is 1. The summed E-state index contributed by atoms with van der Waals surface area (Å²) in [7, 11) is 1.31. The number of amides is 1. The van der Waals surface area contributed by atoms with Gasteiger partial charge in [-0.2, -0.15) is 0 Å². The molecule has 0 spiro atoms. The second kappa shape index (κ2) is 7.36. The summed E-state index contributed by atoms with van der Waals surface area (Å²) in [5.74, 6) is -0.617. The van der Waals surface area contributed by atoms with Gasteiger partial charge in [-0.3, -0.25) is 9.59 Å². The van der Waals surface area contributed by atoms with E-state index in [1.807, 2.05) is 38.1 Å². The minimum Gasteiger partial charge on any atom is -0.468 e. The van der Waals surface area contributed by atoms with Crippen LogP contribution in [0.5, 0.6) is 0 Å². The molecule has 102 valence electrons. The summed E-state index contributed by atoms with van der Waals surface area (Å²) >= 11 is 0. The fourth-order valence-electron chi connectivity index (χ4n) is 1.61. The Bertz CT molecular complexity index is 480. The fourth-order valence-corrected chi connectivity index (χ4v) is 1.61. The molecular formula is C15H19NO3. The zero-order valence-corrected chi connectivity index (χ0v) is 11.6. The maximum absolute atomic E-state index is 11.9. The van der Waals surface area contributed by atoms with Crippen molar-refractivity contribution in [3.8, 4) is 0 Å². The number of carbonyl (C=O) groups is 2. The van der Waals surface area contributed by atoms with Crippen LogP contribution in [0.15, 0.2) is 30.3 Å². The molecule has 1 aromatic rings. The largest absolute Gasteiger partial charge is 0.468 e. The Balaban J connectivity index is 2.69. The first-order chi connectivity index (χ1) is 9.06. The average Bonchev–Trinajstić information content (AvgIpc) is 2.41. The number of likely N-dealkylation sites (N-methyl/N-ethyl adjacent to an activating group) is 1. The molecule has 0 saturated heterocycles. The number of methoxy groups -OCH3 is 1. The lowest BCUT2D eigenvalue weighted by Crippen LogP contribution is -2.34. The van der Waals surface area contributed by atoms with Crippen LogP contribution < -0.4 is 0 Å². The van der Waals surface area contributed by atoms with Gasteiger partial charge in [0.1, 0.15) is 6.54 Å². The van der Waals surface area contributed by atoms with Crippen LogP contribution in [-0.2, 0) is 14.3 Å². The average molecular weight is 261 g/mol. The number of hydrogen-bond acceptors (Lipinski definition) is 3. The summed E-state index contributed by atoms with van der Waals surface area (Å²) in [6.45, 7) is 4.26. The van der Waals surface area contributed by atoms with Crippen LogP contribution >= 0.6 is 0 Å². The number of carbonyl (C=O) groups excluding carboxylic acids is 2. The highest BCUT2D eigenvalue weighted by Gasteiger charge is 2.12. The van der Waals surface area contributed by atoms with Crippen molar-refractivity contribution in [2.75, 3.05) is 20.2 Å². The molecule has 19 heavy (non-hydrogen) atoms. The number of rotatable bonds is 5. The summed E-state index contributed by atoms with van der Waals surface area (Å²) in [6.07, 6.45) is 3.22. The molecule has 0 bridgehead atoms. The zero-order valence-electron chi connectivity index (χ0n) is 11.6. The van der Waals surface area contributed by atoms with Gasteiger partial charge >= 0.3 is 5.97 Å². The monoisotopic (exact) mass is 261 g/mol. The highest BCUT2D eigenvalue weighted by molar-refractivity contribution is 5.93. The van der Waals surface area contributed by atoms with Gasteiger partial charge in [0, 0.05) is 12.6 Å². The van der Waals surface area contributed by atoms with E-state index in [9.17, 15) is 9.59 Å². The summed E-state index contributed by atoms with van der Waals surface area (Å²) in [5.41, 5.74) is 2.10. The zero-order chi connectivity index (χ0) is 14.3. The van der Waals surface area contributed by atoms with E-state index in [0.717, 1.165) is 11.1 Å². The molecule has 0 aliphatic rings. The molecule has 4 nitrogen and oxygen atoms in total. The van der Waals surface area contributed by atoms with Crippen LogP contribution in [0.4, 0.5) is 0 Å². The molecule has 0 aromatic heterocycles. The normalized spacial score (nSPS) is 10.5. The third kappa shape index (κ3) is 4.95. The lowest BCUT2D eigenvalue weighted by molar-refractivity contribution is -0.145. The second-order valence-electron chi connectivity index (χ2n) is 4.18. The van der Waals surface area contributed by atoms with Gasteiger partial charge in [-0.15, -0.1) is 0 Å². The molecule has 0 unspecified atom stereocenters. The summed E-state index contributed by atoms with van der Waals surface area (Å²) in [5, 5.41) is 0. The lowest BCUT2D eigenvalue weighted by atomic mass is 10.1. The topological polar surface area (TPSA) is 46.6 Å². The molecule has 0 N–H and O–H groups in total. The van der Waals surface area contributed by atoms with E-state index < -0.39 is 5.97 Å². The van der Waals surface area contributed by atoms with Crippen molar-refractivity contribution in [1.82, 2.24) is 4.90 Å². The van der Waals surface area contributed by atoms with Crippen LogP contribution in [0.3, 0.4) is 0 Å². The Hall–Kier alpha value is -2.10. The number of benzene rings is 1. The number of aryl methyl sites for hydroxylation is 1. The molecule has 4 heteroatoms. The SMILES string of the molecule is CCN(CC(=O)OC)C(=O)/C=C/c1cccc(C)c1. The van der Waals surface area contributed by atoms with Crippen LogP contribution in [0.1, 0.15) is 18.1 Å². The van der Waals surface area contributed by atoms with E-state index in [1.54, 1.807) is 6.08 Å². The molecule has 1 aromatic carbocycles. The van der Waals surface area contributed by atoms with Gasteiger partial charge in [0.2, 0.25) is 5.91 Å². The maximum atomic E-state index is 11.9. The predicted octanol–water partition coefficient (Wildman–Crippen LogP) is 2.03. The minimum absolute atomic E-state index is 0.0238. The van der Waals surface area contributed by atoms with Crippen molar-refractivity contribution < 1.29 is 14.3 Å². The van der Waals surface area contributed by atoms with E-state index in [4.69, 9.17) is 0 Å². The first kappa shape index (κ1) is 15.0. The fraction of sp³-hybridized carbons (Fsp3) is 0.333. The molecule has 1 amide bonds. The molecular weight excluding hydrogens is 242 g/mol. The van der Waals surface area contributed by atoms with Gasteiger partial charge in [0.25, 0.3) is 0 Å². The molecule has 0 aliphatic heterocycles. The Morgan fingerprint density at radius 3 is 2.68 bits per heavy atom. The van der Waals surface area contributed by atoms with Crippen molar-refractivity contribution in [3.63, 3.8) is 0 Å². The van der Waals surface area contributed by atoms with Gasteiger partial charge < -0.3 is 9.64 Å². The molecule has 0 heterocycles. The maximum Gasteiger partial charge on any atom is 0.325 e. The molecule has 0 radical (unpaired) electrons. The van der Waals surface area contributed by atoms with E-state index >= 15 is 0 Å². The predicted molar refractivity (Wildman–Crippen MR) is 74.5 cm³/mol. The van der Waals surface area contributed by atoms with Crippen molar-refractivity contribution in [2.24, 2.45) is 0 Å². The Labute approximate surface area is 113 Å². The van der Waals surface area contributed by atoms with Crippen molar-refractivity contribution >= 4 is 18.0 Å². The van der Waals surface area contributed by atoms with E-state index in [2.05, 4.69) is 4.74 Å². The van der Waals surface area contributed by atoms with Crippen LogP contribution in [0, 0.1) is 6.92 Å². The molecule has 1 rings (SSSR count). The quantitative estimate of drug-likeness (QED) is 0.602. The Morgan fingerprint density at radius 1 is 1.37 bits per heavy atom. The number of hydrogen-bond donors (Lipinski definition) is 0. The smallest absolute Gasteiger partial charge is 0.325 e. The van der Waals surface area contributed by atoms with E-state index in [-0.39, 0.29) is 12.5 Å². The molecule has 0 fully saturated rings. The number of ether oxygens (including phenoxy) is 1. The van der Waals surface area contributed by atoms with Gasteiger partial charge in [-0.25, -0.2) is 0 Å². The Kier molecular flexibility index (Phi) is 5.79. The molecule has 0 aliphatic carbocycles. The first-order valence-electron chi connectivity index (χ1n) is 6.17. The second-order valence-corrected chi connectivity index (χ2v) is 4.18. The van der Waals surface area contributed by atoms with E-state index in [1.165, 1.54) is 18.1 Å². The highest BCUT2D eigenvalue weighted by Crippen LogP contribution is 2.06. The van der Waals surface area contributed by atoms with Crippen molar-refractivity contribution in [1.29, 1.82) is 0 Å². The number of nitrogens with zero attached hydrogens (tertiary/aromatic N) is 1. The van der Waals surface area contributed by atoms with Crippen molar-refractivity contribution in [2.45, 2.75) is 13.8 Å². The Morgan fingerprint density at radius 2 is 2.11 bits per heavy atom. The summed E-state index contributed by atoms with van der Waals surface area (Å²) < 4.78 is 4.55. The van der Waals surface area contributed by atoms with Crippen LogP contribution in [0.2, 0.25) is 0 Å². The van der Waals surface area contributed by atoms with E-state index in [0.29, 0.717) is 6.54 Å². The van der Waals surface area contributed by atoms with Crippen LogP contribution in [-0.4, -0.2) is 37.0 Å². The minimum atomic E-state index is -0.417. The van der Waals surface area contributed by atoms with Gasteiger partial charge in [0.15, 0.2) is 0 Å². The van der Waals surface area contributed by atoms with Gasteiger partial charge in [-0.1, -0.05) is 29.8 Å². The third-order valence-corrected chi connectivity index (χ3v) is 2.70. The summed E-state index contributed by atoms with van der Waals surface area (Å²) in [6, 6.07) is 7.84. The molecule has 0 atom stereocenters. The lowest BCUT2D eigenvalue weighted by Gasteiger charge is -2.17. The first-order valence-corrected chi connectivity index (χ1v) is 6.17. The summed E-state index contributed by atoms with van der Waals surface area (Å²) in [4.78, 5) is 24.5. The third-order valence-electron chi connectivity index (χ3n) is 2.70.